The lowest BCUT2D eigenvalue weighted by Gasteiger charge is -2.33. The molecular weight excluding hydrogens is 408 g/mol. The SMILES string of the molecule is CC(C)NC(=O)c1sc2ccccc2c1[C@H]1CN(Cc2cnc(C(C)C)nc2)CCO1. The lowest BCUT2D eigenvalue weighted by atomic mass is 10.0. The Labute approximate surface area is 187 Å². The topological polar surface area (TPSA) is 67.4 Å². The molecule has 0 aliphatic carbocycles. The van der Waals surface area contributed by atoms with Crippen molar-refractivity contribution in [2.75, 3.05) is 19.7 Å². The number of carbonyl (C=O) groups excluding carboxylic acids is 1. The van der Waals surface area contributed by atoms with Crippen LogP contribution in [0.1, 0.15) is 66.3 Å². The second-order valence-electron chi connectivity index (χ2n) is 8.67. The van der Waals surface area contributed by atoms with Crippen LogP contribution in [0.2, 0.25) is 0 Å². The molecule has 31 heavy (non-hydrogen) atoms. The van der Waals surface area contributed by atoms with Gasteiger partial charge in [-0.25, -0.2) is 9.97 Å². The number of benzene rings is 1. The lowest BCUT2D eigenvalue weighted by molar-refractivity contribution is -0.0323. The summed E-state index contributed by atoms with van der Waals surface area (Å²) in [4.78, 5) is 25.1. The maximum absolute atomic E-state index is 13.0. The Hall–Kier alpha value is -2.35. The van der Waals surface area contributed by atoms with Crippen LogP contribution in [0.15, 0.2) is 36.7 Å². The zero-order valence-corrected chi connectivity index (χ0v) is 19.4. The number of ether oxygens (including phenoxy) is 1. The second kappa shape index (κ2) is 9.42. The minimum absolute atomic E-state index is 0.0235. The normalized spacial score (nSPS) is 17.5. The number of nitrogens with one attached hydrogen (secondary N) is 1. The third kappa shape index (κ3) is 4.95. The molecule has 0 unspecified atom stereocenters. The number of thiophene rings is 1. The molecule has 0 spiro atoms. The van der Waals surface area contributed by atoms with E-state index in [4.69, 9.17) is 4.74 Å². The van der Waals surface area contributed by atoms with Crippen molar-refractivity contribution < 1.29 is 9.53 Å². The Morgan fingerprint density at radius 3 is 2.68 bits per heavy atom. The standard InChI is InChI=1S/C24H30N4O2S/c1-15(2)23-25-11-17(12-26-23)13-28-9-10-30-19(14-28)21-18-7-5-6-8-20(18)31-22(21)24(29)27-16(3)4/h5-8,11-12,15-16,19H,9-10,13-14H2,1-4H3,(H,27,29)/t19-/m1/s1. The first-order valence-corrected chi connectivity index (χ1v) is 11.7. The molecule has 1 saturated heterocycles. The number of amides is 1. The average molecular weight is 439 g/mol. The number of nitrogens with zero attached hydrogens (tertiary/aromatic N) is 3. The summed E-state index contributed by atoms with van der Waals surface area (Å²) in [6, 6.07) is 8.29. The predicted octanol–water partition coefficient (Wildman–Crippen LogP) is 4.53. The summed E-state index contributed by atoms with van der Waals surface area (Å²) in [5.41, 5.74) is 2.10. The number of hydrogen-bond donors (Lipinski definition) is 1. The Morgan fingerprint density at radius 1 is 1.23 bits per heavy atom. The quantitative estimate of drug-likeness (QED) is 0.613. The van der Waals surface area contributed by atoms with Crippen LogP contribution in [0.4, 0.5) is 0 Å². The molecule has 1 amide bonds. The maximum Gasteiger partial charge on any atom is 0.261 e. The van der Waals surface area contributed by atoms with Gasteiger partial charge < -0.3 is 10.1 Å². The largest absolute Gasteiger partial charge is 0.371 e. The van der Waals surface area contributed by atoms with Gasteiger partial charge in [0.1, 0.15) is 5.82 Å². The Kier molecular flexibility index (Phi) is 6.65. The fourth-order valence-electron chi connectivity index (χ4n) is 3.90. The number of carbonyl (C=O) groups is 1. The number of fused-ring (bicyclic) bond motifs is 1. The van der Waals surface area contributed by atoms with E-state index in [-0.39, 0.29) is 18.1 Å². The molecule has 0 radical (unpaired) electrons. The van der Waals surface area contributed by atoms with Gasteiger partial charge in [-0.1, -0.05) is 32.0 Å². The number of morpholine rings is 1. The van der Waals surface area contributed by atoms with Crippen LogP contribution in [0, 0.1) is 0 Å². The zero-order valence-electron chi connectivity index (χ0n) is 18.6. The summed E-state index contributed by atoms with van der Waals surface area (Å²) in [5.74, 6) is 1.17. The van der Waals surface area contributed by atoms with E-state index in [1.807, 2.05) is 38.4 Å². The van der Waals surface area contributed by atoms with Crippen LogP contribution < -0.4 is 5.32 Å². The first-order valence-electron chi connectivity index (χ1n) is 10.9. The van der Waals surface area contributed by atoms with Gasteiger partial charge in [0, 0.05) is 59.8 Å². The van der Waals surface area contributed by atoms with E-state index in [1.165, 1.54) is 0 Å². The highest BCUT2D eigenvalue weighted by Crippen LogP contribution is 2.38. The van der Waals surface area contributed by atoms with E-state index in [1.54, 1.807) is 11.3 Å². The molecule has 6 nitrogen and oxygen atoms in total. The third-order valence-electron chi connectivity index (χ3n) is 5.38. The second-order valence-corrected chi connectivity index (χ2v) is 9.72. The third-order valence-corrected chi connectivity index (χ3v) is 6.57. The molecule has 4 rings (SSSR count). The number of hydrogen-bond acceptors (Lipinski definition) is 6. The fourth-order valence-corrected chi connectivity index (χ4v) is 5.06. The minimum Gasteiger partial charge on any atom is -0.371 e. The highest BCUT2D eigenvalue weighted by molar-refractivity contribution is 7.21. The molecule has 1 fully saturated rings. The summed E-state index contributed by atoms with van der Waals surface area (Å²) in [7, 11) is 0. The molecule has 3 aromatic rings. The summed E-state index contributed by atoms with van der Waals surface area (Å²) >= 11 is 1.55. The molecule has 7 heteroatoms. The van der Waals surface area contributed by atoms with Gasteiger partial charge in [-0.15, -0.1) is 11.3 Å². The molecule has 1 aliphatic heterocycles. The highest BCUT2D eigenvalue weighted by Gasteiger charge is 2.30. The van der Waals surface area contributed by atoms with E-state index in [2.05, 4.69) is 46.2 Å². The van der Waals surface area contributed by atoms with Crippen LogP contribution in [0.3, 0.4) is 0 Å². The van der Waals surface area contributed by atoms with Gasteiger partial charge in [0.05, 0.1) is 17.6 Å². The highest BCUT2D eigenvalue weighted by atomic mass is 32.1. The van der Waals surface area contributed by atoms with Crippen molar-refractivity contribution >= 4 is 27.3 Å². The van der Waals surface area contributed by atoms with Crippen LogP contribution in [-0.4, -0.2) is 46.5 Å². The van der Waals surface area contributed by atoms with Gasteiger partial charge in [0.2, 0.25) is 0 Å². The van der Waals surface area contributed by atoms with E-state index >= 15 is 0 Å². The van der Waals surface area contributed by atoms with E-state index in [0.717, 1.165) is 51.5 Å². The van der Waals surface area contributed by atoms with E-state index in [9.17, 15) is 4.79 Å². The van der Waals surface area contributed by atoms with Crippen LogP contribution in [0.5, 0.6) is 0 Å². The van der Waals surface area contributed by atoms with Crippen molar-refractivity contribution in [3.05, 3.63) is 58.5 Å². The first-order chi connectivity index (χ1) is 14.9. The van der Waals surface area contributed by atoms with Crippen LogP contribution >= 0.6 is 11.3 Å². The Balaban J connectivity index is 1.58. The molecule has 2 aromatic heterocycles. The van der Waals surface area contributed by atoms with Gasteiger partial charge in [-0.05, 0) is 25.3 Å². The molecule has 1 aromatic carbocycles. The zero-order chi connectivity index (χ0) is 22.0. The Morgan fingerprint density at radius 2 is 1.97 bits per heavy atom. The smallest absolute Gasteiger partial charge is 0.261 e. The van der Waals surface area contributed by atoms with Gasteiger partial charge in [-0.3, -0.25) is 9.69 Å². The summed E-state index contributed by atoms with van der Waals surface area (Å²) in [5, 5.41) is 4.16. The van der Waals surface area contributed by atoms with Crippen molar-refractivity contribution in [3.8, 4) is 0 Å². The average Bonchev–Trinajstić information content (AvgIpc) is 3.14. The molecule has 1 N–H and O–H groups in total. The lowest BCUT2D eigenvalue weighted by Crippen LogP contribution is -2.38. The molecule has 1 aliphatic rings. The maximum atomic E-state index is 13.0. The fraction of sp³-hybridized carbons (Fsp3) is 0.458. The molecule has 3 heterocycles. The summed E-state index contributed by atoms with van der Waals surface area (Å²) in [6.45, 7) is 11.1. The van der Waals surface area contributed by atoms with Crippen molar-refractivity contribution in [2.24, 2.45) is 0 Å². The van der Waals surface area contributed by atoms with Crippen molar-refractivity contribution in [1.29, 1.82) is 0 Å². The molecule has 0 bridgehead atoms. The van der Waals surface area contributed by atoms with Gasteiger partial charge in [0.25, 0.3) is 5.91 Å². The molecule has 0 saturated carbocycles. The van der Waals surface area contributed by atoms with Gasteiger partial charge in [-0.2, -0.15) is 0 Å². The van der Waals surface area contributed by atoms with E-state index < -0.39 is 0 Å². The minimum atomic E-state index is -0.145. The summed E-state index contributed by atoms with van der Waals surface area (Å²) in [6.07, 6.45) is 3.71. The number of rotatable bonds is 6. The van der Waals surface area contributed by atoms with Gasteiger partial charge >= 0.3 is 0 Å². The van der Waals surface area contributed by atoms with Crippen LogP contribution in [-0.2, 0) is 11.3 Å². The monoisotopic (exact) mass is 438 g/mol. The van der Waals surface area contributed by atoms with Crippen molar-refractivity contribution in [2.45, 2.75) is 52.3 Å². The molecular formula is C24H30N4O2S. The first kappa shape index (κ1) is 21.9. The van der Waals surface area contributed by atoms with Gasteiger partial charge in [0.15, 0.2) is 0 Å². The van der Waals surface area contributed by atoms with Crippen molar-refractivity contribution in [3.63, 3.8) is 0 Å². The predicted molar refractivity (Wildman–Crippen MR) is 125 cm³/mol. The van der Waals surface area contributed by atoms with E-state index in [0.29, 0.717) is 12.5 Å². The van der Waals surface area contributed by atoms with Crippen molar-refractivity contribution in [1.82, 2.24) is 20.2 Å². The summed E-state index contributed by atoms with van der Waals surface area (Å²) < 4.78 is 7.31. The number of aromatic nitrogens is 2. The Bertz CT molecular complexity index is 1050. The van der Waals surface area contributed by atoms with Crippen LogP contribution in [0.25, 0.3) is 10.1 Å². The molecule has 1 atom stereocenters. The molecule has 164 valence electrons.